The van der Waals surface area contributed by atoms with E-state index in [1.807, 2.05) is 11.8 Å². The molecule has 1 saturated carbocycles. The molecule has 1 aromatic heterocycles. The van der Waals surface area contributed by atoms with Crippen LogP contribution in [0.15, 0.2) is 12.4 Å². The Morgan fingerprint density at radius 1 is 0.929 bits per heavy atom. The summed E-state index contributed by atoms with van der Waals surface area (Å²) < 4.78 is 0. The molecule has 0 aromatic carbocycles. The van der Waals surface area contributed by atoms with Crippen molar-refractivity contribution < 1.29 is 4.79 Å². The van der Waals surface area contributed by atoms with Crippen molar-refractivity contribution in [3.63, 3.8) is 0 Å². The highest BCUT2D eigenvalue weighted by Gasteiger charge is 2.24. The zero-order valence-electron chi connectivity index (χ0n) is 16.9. The number of anilines is 2. The summed E-state index contributed by atoms with van der Waals surface area (Å²) in [6.07, 6.45) is 10.3. The Kier molecular flexibility index (Phi) is 6.94. The first-order valence-electron chi connectivity index (χ1n) is 11.0. The van der Waals surface area contributed by atoms with E-state index in [-0.39, 0.29) is 0 Å². The first kappa shape index (κ1) is 19.8. The highest BCUT2D eigenvalue weighted by molar-refractivity contribution is 7.99. The maximum absolute atomic E-state index is 12.6. The minimum Gasteiger partial charge on any atom is -0.355 e. The van der Waals surface area contributed by atoms with Gasteiger partial charge in [-0.2, -0.15) is 11.8 Å². The fraction of sp³-hybridized carbons (Fsp3) is 0.762. The molecule has 1 amide bonds. The van der Waals surface area contributed by atoms with Crippen LogP contribution in [-0.4, -0.2) is 71.5 Å². The summed E-state index contributed by atoms with van der Waals surface area (Å²) >= 11 is 2.01. The molecule has 0 radical (unpaired) electrons. The van der Waals surface area contributed by atoms with E-state index in [0.29, 0.717) is 5.91 Å². The number of rotatable bonds is 5. The molecule has 0 bridgehead atoms. The standard InChI is InChI=1S/C21H33N5OS/c27-21(7-6-18-4-2-1-3-5-18)26-10-8-24(9-11-26)19-16-20(23-17-22-19)25-12-14-28-15-13-25/h16-18H,1-15H2. The topological polar surface area (TPSA) is 52.6 Å². The largest absolute Gasteiger partial charge is 0.355 e. The predicted molar refractivity (Wildman–Crippen MR) is 116 cm³/mol. The molecule has 7 heteroatoms. The molecule has 0 unspecified atom stereocenters. The molecular formula is C21H33N5OS. The lowest BCUT2D eigenvalue weighted by Gasteiger charge is -2.36. The van der Waals surface area contributed by atoms with Gasteiger partial charge < -0.3 is 14.7 Å². The Labute approximate surface area is 173 Å². The second kappa shape index (κ2) is 9.81. The zero-order valence-corrected chi connectivity index (χ0v) is 17.7. The van der Waals surface area contributed by atoms with E-state index >= 15 is 0 Å². The van der Waals surface area contributed by atoms with E-state index in [1.54, 1.807) is 6.33 Å². The molecule has 3 aliphatic rings. The van der Waals surface area contributed by atoms with Crippen molar-refractivity contribution >= 4 is 29.3 Å². The molecule has 4 rings (SSSR count). The van der Waals surface area contributed by atoms with Gasteiger partial charge in [0.15, 0.2) is 0 Å². The van der Waals surface area contributed by atoms with E-state index in [2.05, 4.69) is 30.7 Å². The van der Waals surface area contributed by atoms with E-state index in [9.17, 15) is 4.79 Å². The number of carbonyl (C=O) groups is 1. The van der Waals surface area contributed by atoms with Crippen molar-refractivity contribution in [2.45, 2.75) is 44.9 Å². The van der Waals surface area contributed by atoms with Gasteiger partial charge in [0.25, 0.3) is 0 Å². The smallest absolute Gasteiger partial charge is 0.222 e. The SMILES string of the molecule is O=C(CCC1CCCCC1)N1CCN(c2cc(N3CCSCC3)ncn2)CC1. The maximum atomic E-state index is 12.6. The highest BCUT2D eigenvalue weighted by Crippen LogP contribution is 2.28. The van der Waals surface area contributed by atoms with Gasteiger partial charge in [0.1, 0.15) is 18.0 Å². The molecule has 0 atom stereocenters. The Bertz CT molecular complexity index is 637. The van der Waals surface area contributed by atoms with Crippen LogP contribution in [0.1, 0.15) is 44.9 Å². The number of aromatic nitrogens is 2. The lowest BCUT2D eigenvalue weighted by molar-refractivity contribution is -0.131. The number of carbonyl (C=O) groups excluding carboxylic acids is 1. The van der Waals surface area contributed by atoms with E-state index in [1.165, 1.54) is 43.6 Å². The van der Waals surface area contributed by atoms with Crippen molar-refractivity contribution in [3.8, 4) is 0 Å². The van der Waals surface area contributed by atoms with Crippen molar-refractivity contribution in [1.82, 2.24) is 14.9 Å². The van der Waals surface area contributed by atoms with E-state index in [0.717, 1.165) is 69.7 Å². The fourth-order valence-corrected chi connectivity index (χ4v) is 5.53. The van der Waals surface area contributed by atoms with Crippen LogP contribution in [0.2, 0.25) is 0 Å². The zero-order chi connectivity index (χ0) is 19.2. The van der Waals surface area contributed by atoms with Gasteiger partial charge >= 0.3 is 0 Å². The van der Waals surface area contributed by atoms with Gasteiger partial charge in [-0.15, -0.1) is 0 Å². The lowest BCUT2D eigenvalue weighted by atomic mass is 9.86. The maximum Gasteiger partial charge on any atom is 0.222 e. The molecule has 6 nitrogen and oxygen atoms in total. The number of hydrogen-bond acceptors (Lipinski definition) is 6. The lowest BCUT2D eigenvalue weighted by Crippen LogP contribution is -2.49. The molecule has 154 valence electrons. The van der Waals surface area contributed by atoms with Gasteiger partial charge in [-0.1, -0.05) is 32.1 Å². The molecule has 3 fully saturated rings. The molecule has 2 saturated heterocycles. The average molecular weight is 404 g/mol. The summed E-state index contributed by atoms with van der Waals surface area (Å²) in [7, 11) is 0. The Morgan fingerprint density at radius 2 is 1.57 bits per heavy atom. The number of nitrogens with zero attached hydrogens (tertiary/aromatic N) is 5. The van der Waals surface area contributed by atoms with Crippen LogP contribution >= 0.6 is 11.8 Å². The van der Waals surface area contributed by atoms with Crippen LogP contribution in [0, 0.1) is 5.92 Å². The third-order valence-corrected chi connectivity index (χ3v) is 7.36. The number of piperazine rings is 1. The van der Waals surface area contributed by atoms with Gasteiger partial charge in [0.05, 0.1) is 0 Å². The van der Waals surface area contributed by atoms with Gasteiger partial charge in [-0.3, -0.25) is 4.79 Å². The van der Waals surface area contributed by atoms with Crippen LogP contribution in [0.3, 0.4) is 0 Å². The molecule has 1 aromatic rings. The number of hydrogen-bond donors (Lipinski definition) is 0. The minimum absolute atomic E-state index is 0.347. The van der Waals surface area contributed by atoms with Gasteiger partial charge in [0, 0.05) is 63.3 Å². The van der Waals surface area contributed by atoms with Crippen LogP contribution in [0.25, 0.3) is 0 Å². The van der Waals surface area contributed by atoms with E-state index < -0.39 is 0 Å². The third-order valence-electron chi connectivity index (χ3n) is 6.42. The van der Waals surface area contributed by atoms with Crippen molar-refractivity contribution in [2.75, 3.05) is 60.6 Å². The normalized spacial score (nSPS) is 21.8. The van der Waals surface area contributed by atoms with Crippen molar-refractivity contribution in [1.29, 1.82) is 0 Å². The monoisotopic (exact) mass is 403 g/mol. The Morgan fingerprint density at radius 3 is 2.25 bits per heavy atom. The first-order valence-corrected chi connectivity index (χ1v) is 12.1. The third kappa shape index (κ3) is 5.10. The van der Waals surface area contributed by atoms with Crippen LogP contribution in [0.5, 0.6) is 0 Å². The fourth-order valence-electron chi connectivity index (χ4n) is 4.62. The molecule has 1 aliphatic carbocycles. The van der Waals surface area contributed by atoms with Gasteiger partial charge in [0.2, 0.25) is 5.91 Å². The quantitative estimate of drug-likeness (QED) is 0.753. The Hall–Kier alpha value is -1.50. The van der Waals surface area contributed by atoms with E-state index in [4.69, 9.17) is 0 Å². The Balaban J connectivity index is 1.26. The molecule has 28 heavy (non-hydrogen) atoms. The second-order valence-corrected chi connectivity index (χ2v) is 9.47. The van der Waals surface area contributed by atoms with Crippen molar-refractivity contribution in [3.05, 3.63) is 12.4 Å². The predicted octanol–water partition coefficient (Wildman–Crippen LogP) is 3.04. The summed E-state index contributed by atoms with van der Waals surface area (Å²) in [5.41, 5.74) is 0. The van der Waals surface area contributed by atoms with Crippen LogP contribution in [-0.2, 0) is 4.79 Å². The molecular weight excluding hydrogens is 370 g/mol. The molecule has 2 aliphatic heterocycles. The second-order valence-electron chi connectivity index (χ2n) is 8.24. The van der Waals surface area contributed by atoms with Gasteiger partial charge in [-0.25, -0.2) is 9.97 Å². The van der Waals surface area contributed by atoms with Crippen LogP contribution < -0.4 is 9.80 Å². The minimum atomic E-state index is 0.347. The number of thioether (sulfide) groups is 1. The average Bonchev–Trinajstić information content (AvgIpc) is 2.79. The number of amides is 1. The summed E-state index contributed by atoms with van der Waals surface area (Å²) in [5, 5.41) is 0. The summed E-state index contributed by atoms with van der Waals surface area (Å²) in [5.74, 6) is 5.50. The highest BCUT2D eigenvalue weighted by atomic mass is 32.2. The van der Waals surface area contributed by atoms with Crippen molar-refractivity contribution in [2.24, 2.45) is 5.92 Å². The van der Waals surface area contributed by atoms with Gasteiger partial charge in [-0.05, 0) is 12.3 Å². The summed E-state index contributed by atoms with van der Waals surface area (Å²) in [6.45, 7) is 5.46. The summed E-state index contributed by atoms with van der Waals surface area (Å²) in [6, 6.07) is 2.12. The molecule has 3 heterocycles. The molecule has 0 N–H and O–H groups in total. The van der Waals surface area contributed by atoms with Crippen LogP contribution in [0.4, 0.5) is 11.6 Å². The summed E-state index contributed by atoms with van der Waals surface area (Å²) in [4.78, 5) is 28.3. The molecule has 0 spiro atoms. The first-order chi connectivity index (χ1) is 13.8.